The quantitative estimate of drug-likeness (QED) is 0.176. The van der Waals surface area contributed by atoms with Crippen LogP contribution in [0, 0.1) is 0 Å². The first kappa shape index (κ1) is 31.6. The third-order valence-electron chi connectivity index (χ3n) is 11.6. The maximum atomic E-state index is 5.25. The lowest BCUT2D eigenvalue weighted by Crippen LogP contribution is -2.18. The largest absolute Gasteiger partial charge is 0.309 e. The second-order valence-electron chi connectivity index (χ2n) is 14.8. The zero-order valence-electron chi connectivity index (χ0n) is 30.9. The van der Waals surface area contributed by atoms with Gasteiger partial charge in [0.1, 0.15) is 0 Å². The van der Waals surface area contributed by atoms with E-state index in [-0.39, 0.29) is 0 Å². The van der Waals surface area contributed by atoms with Gasteiger partial charge >= 0.3 is 0 Å². The molecule has 0 saturated carbocycles. The van der Waals surface area contributed by atoms with Crippen LogP contribution >= 0.6 is 0 Å². The van der Waals surface area contributed by atoms with Crippen LogP contribution in [0.5, 0.6) is 0 Å². The summed E-state index contributed by atoms with van der Waals surface area (Å²) in [5.41, 5.74) is 16.8. The highest BCUT2D eigenvalue weighted by Crippen LogP contribution is 2.54. The lowest BCUT2D eigenvalue weighted by molar-refractivity contribution is 1.12. The SMILES string of the molecule is c1ccc(-c2cc(-c3cccc(-c4ccccc4)n3)cc(-n3c4ccccc4c4c5c6c(cc43)c3ccccc3n6-c3ccccc3N5c3ccccc3)c2)cc1. The van der Waals surface area contributed by atoms with Crippen LogP contribution in [0.1, 0.15) is 0 Å². The molecule has 0 amide bonds. The van der Waals surface area contributed by atoms with E-state index in [1.807, 2.05) is 6.07 Å². The Morgan fingerprint density at radius 1 is 0.333 bits per heavy atom. The summed E-state index contributed by atoms with van der Waals surface area (Å²) in [7, 11) is 0. The van der Waals surface area contributed by atoms with Crippen LogP contribution in [0.15, 0.2) is 206 Å². The average molecular weight is 727 g/mol. The fourth-order valence-corrected chi connectivity index (χ4v) is 9.15. The molecule has 1 aliphatic heterocycles. The summed E-state index contributed by atoms with van der Waals surface area (Å²) in [5, 5.41) is 4.89. The summed E-state index contributed by atoms with van der Waals surface area (Å²) in [4.78, 5) is 7.74. The molecule has 0 N–H and O–H groups in total. The molecule has 266 valence electrons. The summed E-state index contributed by atoms with van der Waals surface area (Å²) in [6.07, 6.45) is 0. The van der Waals surface area contributed by atoms with Crippen molar-refractivity contribution >= 4 is 60.7 Å². The number of hydrogen-bond acceptors (Lipinski definition) is 2. The van der Waals surface area contributed by atoms with E-state index in [0.717, 1.165) is 61.7 Å². The third kappa shape index (κ3) is 4.77. The summed E-state index contributed by atoms with van der Waals surface area (Å²) in [6, 6.07) is 74.3. The number of nitrogens with zero attached hydrogens (tertiary/aromatic N) is 4. The Labute approximate surface area is 329 Å². The van der Waals surface area contributed by atoms with Crippen molar-refractivity contribution in [3.8, 4) is 45.0 Å². The Morgan fingerprint density at radius 3 is 1.67 bits per heavy atom. The Balaban J connectivity index is 1.22. The first-order chi connectivity index (χ1) is 28.3. The molecule has 1 aliphatic rings. The lowest BCUT2D eigenvalue weighted by Gasteiger charge is -2.33. The fraction of sp³-hybridized carbons (Fsp3) is 0. The van der Waals surface area contributed by atoms with Gasteiger partial charge in [-0.25, -0.2) is 4.98 Å². The van der Waals surface area contributed by atoms with Crippen molar-refractivity contribution in [1.29, 1.82) is 0 Å². The second kappa shape index (κ2) is 12.4. The minimum atomic E-state index is 0.934. The zero-order valence-corrected chi connectivity index (χ0v) is 30.9. The van der Waals surface area contributed by atoms with Crippen molar-refractivity contribution in [3.05, 3.63) is 206 Å². The molecule has 12 rings (SSSR count). The number of benzene rings is 8. The molecule has 8 aromatic carbocycles. The monoisotopic (exact) mass is 726 g/mol. The molecule has 57 heavy (non-hydrogen) atoms. The molecule has 4 heterocycles. The molecule has 11 aromatic rings. The zero-order chi connectivity index (χ0) is 37.5. The molecule has 0 unspecified atom stereocenters. The van der Waals surface area contributed by atoms with E-state index in [1.165, 1.54) is 44.0 Å². The minimum absolute atomic E-state index is 0.934. The highest BCUT2D eigenvalue weighted by molar-refractivity contribution is 6.29. The van der Waals surface area contributed by atoms with E-state index in [2.05, 4.69) is 214 Å². The maximum Gasteiger partial charge on any atom is 0.0810 e. The lowest BCUT2D eigenvalue weighted by atomic mass is 9.99. The van der Waals surface area contributed by atoms with Crippen LogP contribution in [0.25, 0.3) is 88.6 Å². The van der Waals surface area contributed by atoms with Crippen LogP contribution in [0.3, 0.4) is 0 Å². The van der Waals surface area contributed by atoms with Gasteiger partial charge in [0.05, 0.1) is 50.5 Å². The molecule has 3 aromatic heterocycles. The number of para-hydroxylation sites is 5. The van der Waals surface area contributed by atoms with Gasteiger partial charge in [0.25, 0.3) is 0 Å². The predicted molar refractivity (Wildman–Crippen MR) is 237 cm³/mol. The van der Waals surface area contributed by atoms with Crippen LogP contribution in [-0.2, 0) is 0 Å². The highest BCUT2D eigenvalue weighted by Gasteiger charge is 2.32. The number of anilines is 3. The van der Waals surface area contributed by atoms with E-state index in [9.17, 15) is 0 Å². The van der Waals surface area contributed by atoms with Gasteiger partial charge in [-0.05, 0) is 83.9 Å². The van der Waals surface area contributed by atoms with Crippen molar-refractivity contribution in [2.24, 2.45) is 0 Å². The van der Waals surface area contributed by atoms with Gasteiger partial charge in [0.2, 0.25) is 0 Å². The summed E-state index contributed by atoms with van der Waals surface area (Å²) >= 11 is 0. The Hall–Kier alpha value is -7.69. The van der Waals surface area contributed by atoms with Crippen molar-refractivity contribution in [1.82, 2.24) is 14.1 Å². The molecule has 4 heteroatoms. The smallest absolute Gasteiger partial charge is 0.0810 e. The van der Waals surface area contributed by atoms with E-state index < -0.39 is 0 Å². The molecule has 0 aliphatic carbocycles. The molecule has 4 nitrogen and oxygen atoms in total. The Bertz CT molecular complexity index is 3340. The van der Waals surface area contributed by atoms with Gasteiger partial charge in [-0.3, -0.25) is 0 Å². The Morgan fingerprint density at radius 2 is 0.912 bits per heavy atom. The number of pyridine rings is 1. The molecule has 0 radical (unpaired) electrons. The van der Waals surface area contributed by atoms with Crippen LogP contribution in [0.2, 0.25) is 0 Å². The van der Waals surface area contributed by atoms with E-state index in [4.69, 9.17) is 4.98 Å². The molecule has 0 bridgehead atoms. The predicted octanol–water partition coefficient (Wildman–Crippen LogP) is 14.1. The number of aromatic nitrogens is 3. The minimum Gasteiger partial charge on any atom is -0.309 e. The molecule has 0 atom stereocenters. The van der Waals surface area contributed by atoms with E-state index >= 15 is 0 Å². The topological polar surface area (TPSA) is 26.0 Å². The molecular formula is C53H34N4. The highest BCUT2D eigenvalue weighted by atomic mass is 15.2. The third-order valence-corrected chi connectivity index (χ3v) is 11.6. The average Bonchev–Trinajstić information content (AvgIpc) is 3.81. The van der Waals surface area contributed by atoms with Crippen molar-refractivity contribution in [2.75, 3.05) is 4.90 Å². The van der Waals surface area contributed by atoms with Crippen molar-refractivity contribution in [2.45, 2.75) is 0 Å². The number of hydrogen-bond donors (Lipinski definition) is 0. The van der Waals surface area contributed by atoms with Gasteiger partial charge in [-0.15, -0.1) is 0 Å². The molecule has 0 saturated heterocycles. The van der Waals surface area contributed by atoms with Gasteiger partial charge in [0.15, 0.2) is 0 Å². The standard InChI is InChI=1S/C53H34N4/c1-4-17-35(18-5-1)37-31-38(45-26-16-25-44(54-45)36-19-6-2-7-20-36)33-40(32-37)55-47-28-13-11-24-42(47)51-50(55)34-43-41-23-10-12-27-46(41)57-49-30-15-14-29-48(49)56(53(51)52(43)57)39-21-8-3-9-22-39/h1-34H. The molecule has 0 fully saturated rings. The van der Waals surface area contributed by atoms with Gasteiger partial charge < -0.3 is 14.0 Å². The summed E-state index contributed by atoms with van der Waals surface area (Å²) < 4.78 is 4.97. The number of fused-ring (bicyclic) bond motifs is 9. The maximum absolute atomic E-state index is 5.25. The van der Waals surface area contributed by atoms with Crippen LogP contribution in [0.4, 0.5) is 17.1 Å². The molecule has 0 spiro atoms. The Kier molecular flexibility index (Phi) is 6.89. The van der Waals surface area contributed by atoms with E-state index in [0.29, 0.717) is 0 Å². The van der Waals surface area contributed by atoms with Crippen molar-refractivity contribution < 1.29 is 0 Å². The summed E-state index contributed by atoms with van der Waals surface area (Å²) in [5.74, 6) is 0. The van der Waals surface area contributed by atoms with Crippen LogP contribution in [-0.4, -0.2) is 14.1 Å². The summed E-state index contributed by atoms with van der Waals surface area (Å²) in [6.45, 7) is 0. The van der Waals surface area contributed by atoms with Gasteiger partial charge in [-0.2, -0.15) is 0 Å². The van der Waals surface area contributed by atoms with Crippen LogP contribution < -0.4 is 4.90 Å². The first-order valence-corrected chi connectivity index (χ1v) is 19.5. The van der Waals surface area contributed by atoms with Crippen molar-refractivity contribution in [3.63, 3.8) is 0 Å². The normalized spacial score (nSPS) is 12.2. The molecular weight excluding hydrogens is 693 g/mol. The second-order valence-corrected chi connectivity index (χ2v) is 14.8. The number of rotatable bonds is 5. The fourth-order valence-electron chi connectivity index (χ4n) is 9.15. The first-order valence-electron chi connectivity index (χ1n) is 19.5. The van der Waals surface area contributed by atoms with E-state index in [1.54, 1.807) is 0 Å². The van der Waals surface area contributed by atoms with Gasteiger partial charge in [0, 0.05) is 44.0 Å². The van der Waals surface area contributed by atoms with Gasteiger partial charge in [-0.1, -0.05) is 133 Å².